The first-order valence-electron chi connectivity index (χ1n) is 13.6. The molecule has 4 aromatic rings. The van der Waals surface area contributed by atoms with Gasteiger partial charge in [-0.15, -0.1) is 21.5 Å². The van der Waals surface area contributed by atoms with E-state index >= 15 is 0 Å². The molecule has 2 aromatic carbocycles. The predicted molar refractivity (Wildman–Crippen MR) is 160 cm³/mol. The van der Waals surface area contributed by atoms with Crippen LogP contribution in [0.2, 0.25) is 0 Å². The number of hydrogen-bond acceptors (Lipinski definition) is 7. The molecule has 0 saturated carbocycles. The number of benzene rings is 2. The molecule has 2 atom stereocenters. The van der Waals surface area contributed by atoms with Crippen molar-refractivity contribution in [3.63, 3.8) is 0 Å². The molecule has 1 unspecified atom stereocenters. The number of hydrogen-bond donors (Lipinski definition) is 1. The van der Waals surface area contributed by atoms with Crippen LogP contribution in [0.15, 0.2) is 53.5 Å². The van der Waals surface area contributed by atoms with E-state index in [9.17, 15) is 14.7 Å². The molecular formula is C32H34N4O4S. The van der Waals surface area contributed by atoms with Crippen molar-refractivity contribution in [2.45, 2.75) is 54.5 Å². The first-order valence-corrected chi connectivity index (χ1v) is 14.4. The Hall–Kier alpha value is -4.11. The quantitative estimate of drug-likeness (QED) is 0.271. The Morgan fingerprint density at radius 2 is 1.71 bits per heavy atom. The number of carbonyl (C=O) groups is 2. The Morgan fingerprint density at radius 1 is 1.02 bits per heavy atom. The number of carboxylic acids is 1. The Balaban J connectivity index is 1.54. The molecule has 41 heavy (non-hydrogen) atoms. The van der Waals surface area contributed by atoms with E-state index in [1.165, 1.54) is 0 Å². The zero-order valence-corrected chi connectivity index (χ0v) is 25.2. The molecule has 2 aromatic heterocycles. The van der Waals surface area contributed by atoms with Crippen molar-refractivity contribution >= 4 is 28.8 Å². The molecule has 212 valence electrons. The monoisotopic (exact) mass is 570 g/mol. The molecule has 8 nitrogen and oxygen atoms in total. The zero-order chi connectivity index (χ0) is 29.6. The third-order valence-corrected chi connectivity index (χ3v) is 8.78. The smallest absolute Gasteiger partial charge is 0.308 e. The van der Waals surface area contributed by atoms with Crippen molar-refractivity contribution in [1.29, 1.82) is 0 Å². The summed E-state index contributed by atoms with van der Waals surface area (Å²) in [5.74, 6) is 0.171. The van der Waals surface area contributed by atoms with Crippen molar-refractivity contribution in [2.75, 3.05) is 6.61 Å². The second-order valence-electron chi connectivity index (χ2n) is 11.5. The summed E-state index contributed by atoms with van der Waals surface area (Å²) < 4.78 is 7.76. The Kier molecular flexibility index (Phi) is 7.42. The second-order valence-corrected chi connectivity index (χ2v) is 12.7. The van der Waals surface area contributed by atoms with Crippen LogP contribution in [-0.2, 0) is 9.59 Å². The van der Waals surface area contributed by atoms with Gasteiger partial charge in [0.1, 0.15) is 29.2 Å². The molecule has 0 bridgehead atoms. The Labute approximate surface area is 243 Å². The molecule has 0 radical (unpaired) electrons. The first-order chi connectivity index (χ1) is 19.4. The van der Waals surface area contributed by atoms with Crippen molar-refractivity contribution in [2.24, 2.45) is 16.3 Å². The summed E-state index contributed by atoms with van der Waals surface area (Å²) in [6.45, 7) is 13.4. The van der Waals surface area contributed by atoms with Crippen LogP contribution >= 0.6 is 11.3 Å². The summed E-state index contributed by atoms with van der Waals surface area (Å²) in [4.78, 5) is 30.7. The highest BCUT2D eigenvalue weighted by molar-refractivity contribution is 7.15. The Morgan fingerprint density at radius 3 is 2.37 bits per heavy atom. The number of rotatable bonds is 7. The molecule has 0 fully saturated rings. The molecule has 0 saturated heterocycles. The number of carboxylic acid groups (broad SMARTS) is 1. The van der Waals surface area contributed by atoms with Gasteiger partial charge in [0.2, 0.25) is 0 Å². The van der Waals surface area contributed by atoms with Gasteiger partial charge in [-0.05, 0) is 56.5 Å². The fraction of sp³-hybridized carbons (Fsp3) is 0.344. The van der Waals surface area contributed by atoms with Gasteiger partial charge in [-0.3, -0.25) is 19.1 Å². The number of Topliss-reactive ketones (excluding diaryl/α,β-unsaturated/α-hetero) is 1. The topological polar surface area (TPSA) is 107 Å². The SMILES string of the molecule is Cc1sc2c(c1C)C(c1ccc(-c3cccc(OCC(=O)C(C)(C)C)c3)cc1)=N[C@@H](C(C)C(=O)O)c1nnc(C)n1-2. The highest BCUT2D eigenvalue weighted by Gasteiger charge is 2.36. The highest BCUT2D eigenvalue weighted by atomic mass is 32.1. The second kappa shape index (κ2) is 10.7. The average Bonchev–Trinajstić information content (AvgIpc) is 3.40. The summed E-state index contributed by atoms with van der Waals surface area (Å²) in [6.07, 6.45) is 0. The number of aromatic nitrogens is 3. The van der Waals surface area contributed by atoms with Gasteiger partial charge in [0.05, 0.1) is 11.6 Å². The third kappa shape index (κ3) is 5.34. The van der Waals surface area contributed by atoms with E-state index < -0.39 is 23.3 Å². The summed E-state index contributed by atoms with van der Waals surface area (Å²) in [5.41, 5.74) is 5.20. The maximum absolute atomic E-state index is 12.3. The molecule has 1 aliphatic heterocycles. The van der Waals surface area contributed by atoms with E-state index in [0.717, 1.165) is 43.4 Å². The van der Waals surface area contributed by atoms with Crippen LogP contribution in [0.3, 0.4) is 0 Å². The number of fused-ring (bicyclic) bond motifs is 3. The zero-order valence-electron chi connectivity index (χ0n) is 24.3. The minimum absolute atomic E-state index is 0.0237. The molecule has 1 aliphatic rings. The molecule has 9 heteroatoms. The lowest BCUT2D eigenvalue weighted by atomic mass is 9.91. The minimum atomic E-state index is -0.940. The van der Waals surface area contributed by atoms with E-state index in [1.54, 1.807) is 18.3 Å². The van der Waals surface area contributed by atoms with Crippen LogP contribution in [0.1, 0.15) is 67.0 Å². The molecule has 0 aliphatic carbocycles. The van der Waals surface area contributed by atoms with Crippen LogP contribution < -0.4 is 4.74 Å². The van der Waals surface area contributed by atoms with Crippen LogP contribution in [0.4, 0.5) is 0 Å². The number of nitrogens with zero attached hydrogens (tertiary/aromatic N) is 4. The van der Waals surface area contributed by atoms with Crippen molar-refractivity contribution in [3.8, 4) is 21.9 Å². The summed E-state index contributed by atoms with van der Waals surface area (Å²) in [7, 11) is 0. The normalized spacial score (nSPS) is 15.4. The lowest BCUT2D eigenvalue weighted by molar-refractivity contribution is -0.141. The van der Waals surface area contributed by atoms with Gasteiger partial charge in [-0.1, -0.05) is 57.2 Å². The number of ketones is 1. The van der Waals surface area contributed by atoms with Crippen LogP contribution in [0.25, 0.3) is 16.1 Å². The number of thiophene rings is 1. The number of carbonyl (C=O) groups excluding carboxylic acids is 1. The molecule has 1 N–H and O–H groups in total. The van der Waals surface area contributed by atoms with Crippen molar-refractivity contribution in [3.05, 3.63) is 81.7 Å². The van der Waals surface area contributed by atoms with Crippen molar-refractivity contribution in [1.82, 2.24) is 14.8 Å². The van der Waals surface area contributed by atoms with Gasteiger partial charge in [0.15, 0.2) is 11.6 Å². The summed E-state index contributed by atoms with van der Waals surface area (Å²) >= 11 is 1.64. The standard InChI is InChI=1S/C32H34N4O4S/c1-17-19(3)41-30-26(17)28(33-27(18(2)31(38)39)29-35-34-20(4)36(29)30)22-13-11-21(12-14-22)23-9-8-10-24(15-23)40-16-25(37)32(5,6)7/h8-15,18,27H,16H2,1-7H3,(H,38,39)/t18?,27-/m0/s1. The van der Waals surface area contributed by atoms with Gasteiger partial charge in [-0.2, -0.15) is 0 Å². The average molecular weight is 571 g/mol. The van der Waals surface area contributed by atoms with E-state index in [1.807, 2.05) is 80.8 Å². The van der Waals surface area contributed by atoms with E-state index in [2.05, 4.69) is 24.0 Å². The number of aryl methyl sites for hydroxylation is 2. The summed E-state index contributed by atoms with van der Waals surface area (Å²) in [5, 5.41) is 19.5. The largest absolute Gasteiger partial charge is 0.486 e. The lowest BCUT2D eigenvalue weighted by Crippen LogP contribution is -2.26. The van der Waals surface area contributed by atoms with E-state index in [0.29, 0.717) is 17.4 Å². The molecule has 0 amide bonds. The molecule has 0 spiro atoms. The van der Waals surface area contributed by atoms with Gasteiger partial charge in [0, 0.05) is 21.4 Å². The van der Waals surface area contributed by atoms with Crippen LogP contribution in [0.5, 0.6) is 5.75 Å². The van der Waals surface area contributed by atoms with Gasteiger partial charge < -0.3 is 9.84 Å². The number of aliphatic carboxylic acids is 1. The minimum Gasteiger partial charge on any atom is -0.486 e. The highest BCUT2D eigenvalue weighted by Crippen LogP contribution is 2.41. The van der Waals surface area contributed by atoms with Crippen molar-refractivity contribution < 1.29 is 19.4 Å². The molecule has 3 heterocycles. The fourth-order valence-corrected chi connectivity index (χ4v) is 5.98. The van der Waals surface area contributed by atoms with E-state index in [-0.39, 0.29) is 12.4 Å². The number of aliphatic imine (C=N–C) groups is 1. The first kappa shape index (κ1) is 28.4. The fourth-order valence-electron chi connectivity index (χ4n) is 4.77. The predicted octanol–water partition coefficient (Wildman–Crippen LogP) is 6.53. The van der Waals surface area contributed by atoms with Crippen LogP contribution in [0, 0.1) is 32.1 Å². The Bertz CT molecular complexity index is 1670. The van der Waals surface area contributed by atoms with Gasteiger partial charge in [0.25, 0.3) is 0 Å². The third-order valence-electron chi connectivity index (χ3n) is 7.58. The molecular weight excluding hydrogens is 536 g/mol. The van der Waals surface area contributed by atoms with Gasteiger partial charge in [-0.25, -0.2) is 0 Å². The lowest BCUT2D eigenvalue weighted by Gasteiger charge is -2.17. The summed E-state index contributed by atoms with van der Waals surface area (Å²) in [6, 6.07) is 15.1. The number of ether oxygens (including phenoxy) is 1. The molecule has 5 rings (SSSR count). The van der Waals surface area contributed by atoms with Crippen LogP contribution in [-0.4, -0.2) is 43.9 Å². The maximum atomic E-state index is 12.3. The maximum Gasteiger partial charge on any atom is 0.308 e. The van der Waals surface area contributed by atoms with Gasteiger partial charge >= 0.3 is 5.97 Å². The van der Waals surface area contributed by atoms with E-state index in [4.69, 9.17) is 9.73 Å².